The van der Waals surface area contributed by atoms with Gasteiger partial charge in [-0.15, -0.1) is 0 Å². The highest BCUT2D eigenvalue weighted by Gasteiger charge is 2.14. The van der Waals surface area contributed by atoms with E-state index in [1.54, 1.807) is 0 Å². The molecule has 0 heterocycles. The molecule has 0 spiro atoms. The standard InChI is InChI=1S/C16H18O2/c1-3-11-18-15-10-9-12-7-5-6-8-13(12)16(15)14(17)4-2/h5-10H,3-4,11H2,1-2H3. The maximum absolute atomic E-state index is 12.1. The van der Waals surface area contributed by atoms with Crippen molar-refractivity contribution in [3.63, 3.8) is 0 Å². The summed E-state index contributed by atoms with van der Waals surface area (Å²) in [6, 6.07) is 11.9. The summed E-state index contributed by atoms with van der Waals surface area (Å²) in [4.78, 5) is 12.1. The van der Waals surface area contributed by atoms with Gasteiger partial charge in [-0.25, -0.2) is 0 Å². The second-order valence-electron chi connectivity index (χ2n) is 4.29. The van der Waals surface area contributed by atoms with E-state index in [0.717, 1.165) is 22.8 Å². The van der Waals surface area contributed by atoms with Crippen LogP contribution in [0.5, 0.6) is 5.75 Å². The molecule has 0 fully saturated rings. The van der Waals surface area contributed by atoms with Gasteiger partial charge in [0.2, 0.25) is 0 Å². The van der Waals surface area contributed by atoms with E-state index in [-0.39, 0.29) is 5.78 Å². The molecule has 2 heteroatoms. The summed E-state index contributed by atoms with van der Waals surface area (Å²) in [5.41, 5.74) is 0.726. The smallest absolute Gasteiger partial charge is 0.166 e. The summed E-state index contributed by atoms with van der Waals surface area (Å²) < 4.78 is 5.70. The molecule has 0 unspecified atom stereocenters. The Morgan fingerprint density at radius 3 is 2.61 bits per heavy atom. The van der Waals surface area contributed by atoms with Crippen molar-refractivity contribution in [2.24, 2.45) is 0 Å². The molecule has 2 rings (SSSR count). The third kappa shape index (κ3) is 2.37. The largest absolute Gasteiger partial charge is 0.493 e. The number of ether oxygens (including phenoxy) is 1. The lowest BCUT2D eigenvalue weighted by Crippen LogP contribution is -2.04. The molecule has 0 aromatic heterocycles. The van der Waals surface area contributed by atoms with Gasteiger partial charge in [-0.3, -0.25) is 4.79 Å². The highest BCUT2D eigenvalue weighted by molar-refractivity contribution is 6.10. The highest BCUT2D eigenvalue weighted by atomic mass is 16.5. The predicted octanol–water partition coefficient (Wildman–Crippen LogP) is 4.22. The Morgan fingerprint density at radius 2 is 1.89 bits per heavy atom. The molecule has 0 atom stereocenters. The van der Waals surface area contributed by atoms with Crippen LogP contribution >= 0.6 is 0 Å². The number of rotatable bonds is 5. The topological polar surface area (TPSA) is 26.3 Å². The van der Waals surface area contributed by atoms with Crippen molar-refractivity contribution in [1.82, 2.24) is 0 Å². The molecule has 18 heavy (non-hydrogen) atoms. The van der Waals surface area contributed by atoms with Crippen molar-refractivity contribution in [1.29, 1.82) is 0 Å². The van der Waals surface area contributed by atoms with Crippen LogP contribution < -0.4 is 4.74 Å². The fraction of sp³-hybridized carbons (Fsp3) is 0.312. The number of hydrogen-bond acceptors (Lipinski definition) is 2. The van der Waals surface area contributed by atoms with Crippen molar-refractivity contribution in [2.45, 2.75) is 26.7 Å². The van der Waals surface area contributed by atoms with E-state index in [1.807, 2.05) is 43.3 Å². The van der Waals surface area contributed by atoms with Crippen molar-refractivity contribution >= 4 is 16.6 Å². The summed E-state index contributed by atoms with van der Waals surface area (Å²) >= 11 is 0. The van der Waals surface area contributed by atoms with Crippen LogP contribution in [0.25, 0.3) is 10.8 Å². The molecule has 94 valence electrons. The van der Waals surface area contributed by atoms with Gasteiger partial charge in [0, 0.05) is 6.42 Å². The molecular weight excluding hydrogens is 224 g/mol. The molecule has 0 radical (unpaired) electrons. The van der Waals surface area contributed by atoms with E-state index >= 15 is 0 Å². The average molecular weight is 242 g/mol. The lowest BCUT2D eigenvalue weighted by Gasteiger charge is -2.12. The molecule has 0 aliphatic rings. The SMILES string of the molecule is CCCOc1ccc2ccccc2c1C(=O)CC. The van der Waals surface area contributed by atoms with Crippen molar-refractivity contribution in [3.05, 3.63) is 42.0 Å². The third-order valence-corrected chi connectivity index (χ3v) is 2.95. The van der Waals surface area contributed by atoms with Gasteiger partial charge >= 0.3 is 0 Å². The van der Waals surface area contributed by atoms with Crippen LogP contribution in [0.1, 0.15) is 37.0 Å². The van der Waals surface area contributed by atoms with Gasteiger partial charge < -0.3 is 4.74 Å². The van der Waals surface area contributed by atoms with Crippen molar-refractivity contribution in [2.75, 3.05) is 6.61 Å². The Kier molecular flexibility index (Phi) is 3.98. The normalized spacial score (nSPS) is 10.6. The van der Waals surface area contributed by atoms with E-state index in [2.05, 4.69) is 6.92 Å². The van der Waals surface area contributed by atoms with Gasteiger partial charge in [-0.05, 0) is 23.3 Å². The minimum atomic E-state index is 0.137. The molecule has 0 aliphatic carbocycles. The number of ketones is 1. The van der Waals surface area contributed by atoms with Crippen LogP contribution in [-0.4, -0.2) is 12.4 Å². The Bertz CT molecular complexity index is 558. The zero-order valence-electron chi connectivity index (χ0n) is 10.9. The number of fused-ring (bicyclic) bond motifs is 1. The van der Waals surface area contributed by atoms with Gasteiger partial charge in [-0.1, -0.05) is 44.2 Å². The zero-order chi connectivity index (χ0) is 13.0. The Morgan fingerprint density at radius 1 is 1.11 bits per heavy atom. The minimum Gasteiger partial charge on any atom is -0.493 e. The first-order valence-electron chi connectivity index (χ1n) is 6.45. The molecule has 0 bridgehead atoms. The van der Waals surface area contributed by atoms with Crippen LogP contribution in [0.3, 0.4) is 0 Å². The fourth-order valence-electron chi connectivity index (χ4n) is 2.05. The number of carbonyl (C=O) groups excluding carboxylic acids is 1. The Balaban J connectivity index is 2.59. The first kappa shape index (κ1) is 12.6. The molecule has 0 saturated heterocycles. The monoisotopic (exact) mass is 242 g/mol. The van der Waals surface area contributed by atoms with Crippen molar-refractivity contribution < 1.29 is 9.53 Å². The fourth-order valence-corrected chi connectivity index (χ4v) is 2.05. The minimum absolute atomic E-state index is 0.137. The predicted molar refractivity (Wildman–Crippen MR) is 74.4 cm³/mol. The van der Waals surface area contributed by atoms with Crippen LogP contribution in [0.4, 0.5) is 0 Å². The van der Waals surface area contributed by atoms with Crippen LogP contribution in [-0.2, 0) is 0 Å². The lowest BCUT2D eigenvalue weighted by molar-refractivity contribution is 0.0986. The van der Waals surface area contributed by atoms with E-state index in [0.29, 0.717) is 18.8 Å². The molecule has 2 nitrogen and oxygen atoms in total. The number of Topliss-reactive ketones (excluding diaryl/α,β-unsaturated/α-hetero) is 1. The van der Waals surface area contributed by atoms with E-state index in [4.69, 9.17) is 4.74 Å². The van der Waals surface area contributed by atoms with Gasteiger partial charge in [0.1, 0.15) is 5.75 Å². The molecule has 2 aromatic carbocycles. The first-order valence-corrected chi connectivity index (χ1v) is 6.45. The molecule has 0 saturated carbocycles. The maximum atomic E-state index is 12.1. The van der Waals surface area contributed by atoms with Gasteiger partial charge in [0.15, 0.2) is 5.78 Å². The third-order valence-electron chi connectivity index (χ3n) is 2.95. The molecule has 0 amide bonds. The Hall–Kier alpha value is -1.83. The van der Waals surface area contributed by atoms with E-state index < -0.39 is 0 Å². The lowest BCUT2D eigenvalue weighted by atomic mass is 9.99. The van der Waals surface area contributed by atoms with E-state index in [1.165, 1.54) is 0 Å². The maximum Gasteiger partial charge on any atom is 0.166 e. The summed E-state index contributed by atoms with van der Waals surface area (Å²) in [6.07, 6.45) is 1.43. The average Bonchev–Trinajstić information content (AvgIpc) is 2.43. The summed E-state index contributed by atoms with van der Waals surface area (Å²) in [7, 11) is 0. The van der Waals surface area contributed by atoms with Gasteiger partial charge in [-0.2, -0.15) is 0 Å². The van der Waals surface area contributed by atoms with E-state index in [9.17, 15) is 4.79 Å². The highest BCUT2D eigenvalue weighted by Crippen LogP contribution is 2.29. The molecular formula is C16H18O2. The zero-order valence-corrected chi connectivity index (χ0v) is 10.9. The molecule has 0 aliphatic heterocycles. The molecule has 2 aromatic rings. The quantitative estimate of drug-likeness (QED) is 0.734. The summed E-state index contributed by atoms with van der Waals surface area (Å²) in [6.45, 7) is 4.58. The van der Waals surface area contributed by atoms with Crippen LogP contribution in [0.2, 0.25) is 0 Å². The van der Waals surface area contributed by atoms with Gasteiger partial charge in [0.05, 0.1) is 12.2 Å². The second-order valence-corrected chi connectivity index (χ2v) is 4.29. The van der Waals surface area contributed by atoms with Crippen LogP contribution in [0.15, 0.2) is 36.4 Å². The Labute approximate surface area is 108 Å². The second kappa shape index (κ2) is 5.67. The van der Waals surface area contributed by atoms with Gasteiger partial charge in [0.25, 0.3) is 0 Å². The number of hydrogen-bond donors (Lipinski definition) is 0. The first-order chi connectivity index (χ1) is 8.77. The molecule has 0 N–H and O–H groups in total. The van der Waals surface area contributed by atoms with Crippen LogP contribution in [0, 0.1) is 0 Å². The summed E-state index contributed by atoms with van der Waals surface area (Å²) in [5.74, 6) is 0.848. The summed E-state index contributed by atoms with van der Waals surface area (Å²) in [5, 5.41) is 2.07. The van der Waals surface area contributed by atoms with Crippen molar-refractivity contribution in [3.8, 4) is 5.75 Å². The number of carbonyl (C=O) groups is 1. The number of benzene rings is 2.